The molecule has 2 heterocycles. The Morgan fingerprint density at radius 3 is 2.60 bits per heavy atom. The van der Waals surface area contributed by atoms with Crippen molar-refractivity contribution in [1.82, 2.24) is 15.2 Å². The van der Waals surface area contributed by atoms with Gasteiger partial charge in [0.25, 0.3) is 0 Å². The summed E-state index contributed by atoms with van der Waals surface area (Å²) in [6, 6.07) is 11.9. The SMILES string of the molecule is C=C(N)NCCC[C@H](CC(=O)[C@@H]1CCCN1C(=O)[C@H](CC(=O)OCc1ccccc1)c1cccnc1)C(=O)CF. The Bertz CT molecular complexity index is 1160. The highest BCUT2D eigenvalue weighted by Gasteiger charge is 2.39. The third-order valence-corrected chi connectivity index (χ3v) is 7.02. The Kier molecular flexibility index (Phi) is 11.8. The number of ether oxygens (including phenoxy) is 1. The number of likely N-dealkylation sites (tertiary alicyclic amines) is 1. The molecule has 1 aliphatic rings. The van der Waals surface area contributed by atoms with E-state index in [-0.39, 0.29) is 37.0 Å². The minimum atomic E-state index is -1.16. The topological polar surface area (TPSA) is 132 Å². The Labute approximate surface area is 234 Å². The summed E-state index contributed by atoms with van der Waals surface area (Å²) >= 11 is 0. The monoisotopic (exact) mass is 552 g/mol. The highest BCUT2D eigenvalue weighted by molar-refractivity contribution is 5.96. The third kappa shape index (κ3) is 9.00. The van der Waals surface area contributed by atoms with Crippen LogP contribution in [0.5, 0.6) is 0 Å². The summed E-state index contributed by atoms with van der Waals surface area (Å²) in [5.74, 6) is -3.23. The summed E-state index contributed by atoms with van der Waals surface area (Å²) in [5.41, 5.74) is 6.85. The second-order valence-electron chi connectivity index (χ2n) is 9.94. The molecule has 0 unspecified atom stereocenters. The fourth-order valence-electron chi connectivity index (χ4n) is 4.92. The molecule has 9 nitrogen and oxygen atoms in total. The van der Waals surface area contributed by atoms with Crippen LogP contribution in [-0.2, 0) is 30.5 Å². The molecule has 0 spiro atoms. The van der Waals surface area contributed by atoms with Crippen LogP contribution in [0, 0.1) is 5.92 Å². The summed E-state index contributed by atoms with van der Waals surface area (Å²) in [5, 5.41) is 2.85. The summed E-state index contributed by atoms with van der Waals surface area (Å²) in [7, 11) is 0. The average Bonchev–Trinajstić information content (AvgIpc) is 3.47. The van der Waals surface area contributed by atoms with Gasteiger partial charge in [0.15, 0.2) is 11.6 Å². The maximum absolute atomic E-state index is 13.8. The fourth-order valence-corrected chi connectivity index (χ4v) is 4.92. The molecule has 40 heavy (non-hydrogen) atoms. The number of rotatable bonds is 16. The summed E-state index contributed by atoms with van der Waals surface area (Å²) in [6.45, 7) is 3.25. The molecule has 3 N–H and O–H groups in total. The van der Waals surface area contributed by atoms with Crippen molar-refractivity contribution in [3.63, 3.8) is 0 Å². The minimum absolute atomic E-state index is 0.0807. The highest BCUT2D eigenvalue weighted by Crippen LogP contribution is 2.29. The van der Waals surface area contributed by atoms with Gasteiger partial charge in [-0.05, 0) is 42.9 Å². The van der Waals surface area contributed by atoms with Crippen LogP contribution < -0.4 is 11.1 Å². The van der Waals surface area contributed by atoms with E-state index >= 15 is 0 Å². The summed E-state index contributed by atoms with van der Waals surface area (Å²) in [6.07, 6.45) is 4.58. The van der Waals surface area contributed by atoms with Gasteiger partial charge in [-0.1, -0.05) is 43.0 Å². The van der Waals surface area contributed by atoms with Crippen LogP contribution in [0.15, 0.2) is 67.3 Å². The molecule has 0 radical (unpaired) electrons. The lowest BCUT2D eigenvalue weighted by Gasteiger charge is -2.29. The molecular weight excluding hydrogens is 515 g/mol. The van der Waals surface area contributed by atoms with Crippen molar-refractivity contribution in [3.05, 3.63) is 78.4 Å². The zero-order chi connectivity index (χ0) is 28.9. The molecule has 10 heteroatoms. The van der Waals surface area contributed by atoms with Crippen molar-refractivity contribution in [3.8, 4) is 0 Å². The predicted octanol–water partition coefficient (Wildman–Crippen LogP) is 3.20. The van der Waals surface area contributed by atoms with Crippen molar-refractivity contribution >= 4 is 23.4 Å². The number of aromatic nitrogens is 1. The van der Waals surface area contributed by atoms with Gasteiger partial charge in [-0.25, -0.2) is 4.39 Å². The number of Topliss-reactive ketones (excluding diaryl/α,β-unsaturated/α-hetero) is 2. The molecule has 1 fully saturated rings. The van der Waals surface area contributed by atoms with Gasteiger partial charge in [-0.15, -0.1) is 0 Å². The maximum Gasteiger partial charge on any atom is 0.307 e. The number of carbonyl (C=O) groups is 4. The van der Waals surface area contributed by atoms with Gasteiger partial charge in [-0.3, -0.25) is 24.2 Å². The first-order valence-electron chi connectivity index (χ1n) is 13.5. The van der Waals surface area contributed by atoms with Gasteiger partial charge in [0.1, 0.15) is 13.3 Å². The van der Waals surface area contributed by atoms with Crippen LogP contribution in [0.25, 0.3) is 0 Å². The minimum Gasteiger partial charge on any atom is -0.461 e. The quantitative estimate of drug-likeness (QED) is 0.240. The molecular formula is C30H37FN4O5. The fraction of sp³-hybridized carbons (Fsp3) is 0.433. The molecule has 3 atom stereocenters. The van der Waals surface area contributed by atoms with Crippen LogP contribution in [0.1, 0.15) is 55.6 Å². The number of alkyl halides is 1. The molecule has 1 aromatic heterocycles. The van der Waals surface area contributed by atoms with E-state index in [1.165, 1.54) is 11.1 Å². The van der Waals surface area contributed by atoms with E-state index in [1.807, 2.05) is 30.3 Å². The number of nitrogens with zero attached hydrogens (tertiary/aromatic N) is 2. The zero-order valence-corrected chi connectivity index (χ0v) is 22.6. The van der Waals surface area contributed by atoms with E-state index in [2.05, 4.69) is 16.9 Å². The number of nitrogens with one attached hydrogen (secondary N) is 1. The molecule has 2 aromatic rings. The number of nitrogens with two attached hydrogens (primary N) is 1. The van der Waals surface area contributed by atoms with Crippen LogP contribution in [0.2, 0.25) is 0 Å². The number of pyridine rings is 1. The Morgan fingerprint density at radius 2 is 1.93 bits per heavy atom. The zero-order valence-electron chi connectivity index (χ0n) is 22.6. The van der Waals surface area contributed by atoms with E-state index in [0.717, 1.165) is 5.56 Å². The first kappa shape index (κ1) is 30.5. The number of amides is 1. The number of esters is 1. The highest BCUT2D eigenvalue weighted by atomic mass is 19.1. The smallest absolute Gasteiger partial charge is 0.307 e. The van der Waals surface area contributed by atoms with E-state index in [9.17, 15) is 23.6 Å². The van der Waals surface area contributed by atoms with Gasteiger partial charge in [0.2, 0.25) is 5.91 Å². The second kappa shape index (κ2) is 15.5. The number of hydrogen-bond donors (Lipinski definition) is 2. The van der Waals surface area contributed by atoms with Crippen molar-refractivity contribution in [1.29, 1.82) is 0 Å². The molecule has 1 aromatic carbocycles. The molecule has 1 aliphatic heterocycles. The van der Waals surface area contributed by atoms with Gasteiger partial charge >= 0.3 is 5.97 Å². The molecule has 214 valence electrons. The molecule has 1 amide bonds. The average molecular weight is 553 g/mol. The number of ketones is 2. The lowest BCUT2D eigenvalue weighted by atomic mass is 9.89. The van der Waals surface area contributed by atoms with E-state index < -0.39 is 36.3 Å². The standard InChI is InChI=1S/C30H37FN4O5/c1-21(32)34-14-6-10-23(28(37)18-31)16-27(36)26-12-7-15-35(26)30(39)25(24-11-5-13-33-19-24)17-29(38)40-20-22-8-3-2-4-9-22/h2-5,8-9,11,13,19,23,25-26,34H,1,6-7,10,12,14-18,20,32H2/t23-,25-,26+/m1/s1. The van der Waals surface area contributed by atoms with Crippen molar-refractivity contribution in [2.24, 2.45) is 11.7 Å². The largest absolute Gasteiger partial charge is 0.461 e. The van der Waals surface area contributed by atoms with Crippen LogP contribution in [0.3, 0.4) is 0 Å². The lowest BCUT2D eigenvalue weighted by Crippen LogP contribution is -2.44. The molecule has 0 saturated carbocycles. The summed E-state index contributed by atoms with van der Waals surface area (Å²) < 4.78 is 18.7. The number of halogens is 1. The van der Waals surface area contributed by atoms with Gasteiger partial charge in [0.05, 0.1) is 24.2 Å². The molecule has 0 aliphatic carbocycles. The lowest BCUT2D eigenvalue weighted by molar-refractivity contribution is -0.149. The Hall–Kier alpha value is -4.08. The van der Waals surface area contributed by atoms with Crippen LogP contribution in [0.4, 0.5) is 4.39 Å². The van der Waals surface area contributed by atoms with Crippen molar-refractivity contribution in [2.75, 3.05) is 19.8 Å². The van der Waals surface area contributed by atoms with Crippen LogP contribution >= 0.6 is 0 Å². The van der Waals surface area contributed by atoms with E-state index in [1.54, 1.807) is 18.3 Å². The normalized spacial score (nSPS) is 16.1. The maximum atomic E-state index is 13.8. The van der Waals surface area contributed by atoms with Crippen LogP contribution in [-0.4, -0.2) is 59.1 Å². The second-order valence-corrected chi connectivity index (χ2v) is 9.94. The van der Waals surface area contributed by atoms with E-state index in [4.69, 9.17) is 10.5 Å². The third-order valence-electron chi connectivity index (χ3n) is 7.02. The number of carbonyl (C=O) groups excluding carboxylic acids is 4. The van der Waals surface area contributed by atoms with Crippen molar-refractivity contribution in [2.45, 2.75) is 57.1 Å². The van der Waals surface area contributed by atoms with Gasteiger partial charge in [0, 0.05) is 37.8 Å². The summed E-state index contributed by atoms with van der Waals surface area (Å²) in [4.78, 5) is 57.8. The van der Waals surface area contributed by atoms with E-state index in [0.29, 0.717) is 44.3 Å². The number of hydrogen-bond acceptors (Lipinski definition) is 8. The van der Waals surface area contributed by atoms with Gasteiger partial charge < -0.3 is 20.7 Å². The first-order chi connectivity index (χ1) is 19.3. The van der Waals surface area contributed by atoms with Gasteiger partial charge in [-0.2, -0.15) is 0 Å². The number of benzene rings is 1. The molecule has 1 saturated heterocycles. The first-order valence-corrected chi connectivity index (χ1v) is 13.5. The predicted molar refractivity (Wildman–Crippen MR) is 147 cm³/mol. The Morgan fingerprint density at radius 1 is 1.15 bits per heavy atom. The molecule has 0 bridgehead atoms. The van der Waals surface area contributed by atoms with Crippen molar-refractivity contribution < 1.29 is 28.3 Å². The molecule has 3 rings (SSSR count). The Balaban J connectivity index is 1.69.